The van der Waals surface area contributed by atoms with Gasteiger partial charge in [0.15, 0.2) is 5.58 Å². The van der Waals surface area contributed by atoms with Gasteiger partial charge in [-0.2, -0.15) is 0 Å². The molecule has 9 rings (SSSR count). The van der Waals surface area contributed by atoms with Crippen LogP contribution in [0.4, 0.5) is 17.1 Å². The van der Waals surface area contributed by atoms with Crippen molar-refractivity contribution in [1.29, 1.82) is 0 Å². The normalized spacial score (nSPS) is 11.5. The van der Waals surface area contributed by atoms with Crippen LogP contribution >= 0.6 is 0 Å². The first kappa shape index (κ1) is 26.2. The van der Waals surface area contributed by atoms with Crippen molar-refractivity contribution in [3.05, 3.63) is 170 Å². The molecule has 0 atom stereocenters. The van der Waals surface area contributed by atoms with Gasteiger partial charge in [0, 0.05) is 34.7 Å². The van der Waals surface area contributed by atoms with Gasteiger partial charge in [0.1, 0.15) is 11.1 Å². The highest BCUT2D eigenvalue weighted by molar-refractivity contribution is 6.04. The molecule has 0 unspecified atom stereocenters. The number of benzene rings is 7. The molecule has 0 amide bonds. The second-order valence-electron chi connectivity index (χ2n) is 11.6. The molecule has 3 heteroatoms. The van der Waals surface area contributed by atoms with Crippen molar-refractivity contribution in [3.63, 3.8) is 0 Å². The van der Waals surface area contributed by atoms with Crippen molar-refractivity contribution >= 4 is 60.7 Å². The highest BCUT2D eigenvalue weighted by Gasteiger charge is 2.17. The van der Waals surface area contributed by atoms with E-state index in [2.05, 4.69) is 162 Å². The van der Waals surface area contributed by atoms with Crippen LogP contribution in [0, 0.1) is 0 Å². The predicted molar refractivity (Wildman–Crippen MR) is 192 cm³/mol. The van der Waals surface area contributed by atoms with E-state index in [1.165, 1.54) is 43.8 Å². The van der Waals surface area contributed by atoms with Crippen LogP contribution in [0.15, 0.2) is 174 Å². The van der Waals surface area contributed by atoms with Gasteiger partial charge in [0.2, 0.25) is 0 Å². The Morgan fingerprint density at radius 1 is 0.413 bits per heavy atom. The molecule has 0 aliphatic rings. The first-order valence-corrected chi connectivity index (χ1v) is 15.5. The molecule has 0 N–H and O–H groups in total. The molecular weight excluding hydrogens is 560 g/mol. The lowest BCUT2D eigenvalue weighted by atomic mass is 9.97. The number of hydrogen-bond acceptors (Lipinski definition) is 3. The monoisotopic (exact) mass is 588 g/mol. The van der Waals surface area contributed by atoms with E-state index in [0.717, 1.165) is 39.1 Å². The van der Waals surface area contributed by atoms with Crippen molar-refractivity contribution in [3.8, 4) is 22.3 Å². The summed E-state index contributed by atoms with van der Waals surface area (Å²) in [5.74, 6) is 0. The fourth-order valence-corrected chi connectivity index (χ4v) is 6.71. The SMILES string of the molecule is c1ccc2c(-c3ccc(N(c4ccc(-c5cccc6ccccc56)cc4)c4ccc5c(c4)oc4cccnc45)cc3)cccc2c1. The Kier molecular flexibility index (Phi) is 6.14. The maximum absolute atomic E-state index is 6.26. The van der Waals surface area contributed by atoms with Gasteiger partial charge in [-0.1, -0.05) is 109 Å². The molecule has 46 heavy (non-hydrogen) atoms. The summed E-state index contributed by atoms with van der Waals surface area (Å²) >= 11 is 0. The Balaban J connectivity index is 1.17. The third kappa shape index (κ3) is 4.41. The first-order chi connectivity index (χ1) is 22.8. The number of pyridine rings is 1. The number of aromatic nitrogens is 1. The highest BCUT2D eigenvalue weighted by Crippen LogP contribution is 2.40. The largest absolute Gasteiger partial charge is 0.454 e. The van der Waals surface area contributed by atoms with Gasteiger partial charge in [-0.25, -0.2) is 0 Å². The number of nitrogens with zero attached hydrogens (tertiary/aromatic N) is 2. The summed E-state index contributed by atoms with van der Waals surface area (Å²) in [6.45, 7) is 0. The van der Waals surface area contributed by atoms with Gasteiger partial charge in [-0.15, -0.1) is 0 Å². The van der Waals surface area contributed by atoms with Crippen LogP contribution in [0.1, 0.15) is 0 Å². The van der Waals surface area contributed by atoms with Crippen LogP contribution in [0.3, 0.4) is 0 Å². The van der Waals surface area contributed by atoms with Gasteiger partial charge in [0.25, 0.3) is 0 Å². The number of hydrogen-bond donors (Lipinski definition) is 0. The van der Waals surface area contributed by atoms with E-state index in [-0.39, 0.29) is 0 Å². The fourth-order valence-electron chi connectivity index (χ4n) is 6.71. The third-order valence-electron chi connectivity index (χ3n) is 8.92. The van der Waals surface area contributed by atoms with Crippen molar-refractivity contribution in [2.45, 2.75) is 0 Å². The molecule has 3 nitrogen and oxygen atoms in total. The number of fused-ring (bicyclic) bond motifs is 5. The average molecular weight is 589 g/mol. The molecule has 0 saturated heterocycles. The molecular formula is C43H28N2O. The Morgan fingerprint density at radius 2 is 0.957 bits per heavy atom. The molecule has 9 aromatic rings. The topological polar surface area (TPSA) is 29.3 Å². The van der Waals surface area contributed by atoms with E-state index in [1.807, 2.05) is 18.3 Å². The summed E-state index contributed by atoms with van der Waals surface area (Å²) in [4.78, 5) is 6.86. The predicted octanol–water partition coefficient (Wildman–Crippen LogP) is 12.1. The van der Waals surface area contributed by atoms with Gasteiger partial charge in [-0.3, -0.25) is 4.98 Å². The van der Waals surface area contributed by atoms with E-state index in [4.69, 9.17) is 4.42 Å². The fraction of sp³-hybridized carbons (Fsp3) is 0. The van der Waals surface area contributed by atoms with E-state index >= 15 is 0 Å². The Labute approximate surface area is 266 Å². The van der Waals surface area contributed by atoms with Gasteiger partial charge in [0.05, 0.1) is 0 Å². The molecule has 0 aliphatic heterocycles. The van der Waals surface area contributed by atoms with Crippen LogP contribution < -0.4 is 4.90 Å². The zero-order chi connectivity index (χ0) is 30.5. The lowest BCUT2D eigenvalue weighted by Crippen LogP contribution is -2.09. The van der Waals surface area contributed by atoms with Crippen LogP contribution in [0.5, 0.6) is 0 Å². The van der Waals surface area contributed by atoms with E-state index in [1.54, 1.807) is 0 Å². The van der Waals surface area contributed by atoms with Crippen molar-refractivity contribution in [2.75, 3.05) is 4.90 Å². The van der Waals surface area contributed by atoms with Crippen molar-refractivity contribution in [2.24, 2.45) is 0 Å². The molecule has 7 aromatic carbocycles. The average Bonchev–Trinajstić information content (AvgIpc) is 3.50. The Hall–Kier alpha value is -6.19. The van der Waals surface area contributed by atoms with Gasteiger partial charge >= 0.3 is 0 Å². The number of furan rings is 1. The minimum absolute atomic E-state index is 0.792. The molecule has 0 saturated carbocycles. The molecule has 2 heterocycles. The lowest BCUT2D eigenvalue weighted by Gasteiger charge is -2.26. The number of rotatable bonds is 5. The molecule has 0 radical (unpaired) electrons. The standard InChI is InChI=1S/C43H28N2O/c1-3-12-36-29(8-1)10-5-14-38(36)31-17-21-33(22-18-31)45(35-25-26-40-42(28-35)46-41-16-7-27-44-43(40)41)34-23-19-32(20-24-34)39-15-6-11-30-9-2-4-13-37(30)39/h1-28H. The molecule has 0 aliphatic carbocycles. The molecule has 0 bridgehead atoms. The minimum atomic E-state index is 0.792. The molecule has 2 aromatic heterocycles. The first-order valence-electron chi connectivity index (χ1n) is 15.5. The molecule has 0 fully saturated rings. The minimum Gasteiger partial charge on any atom is -0.454 e. The third-order valence-corrected chi connectivity index (χ3v) is 8.92. The summed E-state index contributed by atoms with van der Waals surface area (Å²) in [6.07, 6.45) is 1.81. The zero-order valence-electron chi connectivity index (χ0n) is 25.0. The van der Waals surface area contributed by atoms with Crippen LogP contribution in [0.25, 0.3) is 65.9 Å². The highest BCUT2D eigenvalue weighted by atomic mass is 16.3. The summed E-state index contributed by atoms with van der Waals surface area (Å²) in [5, 5.41) is 6.00. The maximum Gasteiger partial charge on any atom is 0.153 e. The maximum atomic E-state index is 6.26. The Bertz CT molecular complexity index is 2390. The van der Waals surface area contributed by atoms with Gasteiger partial charge in [-0.05, 0) is 92.3 Å². The molecule has 0 spiro atoms. The summed E-state index contributed by atoms with van der Waals surface area (Å²) < 4.78 is 6.26. The van der Waals surface area contributed by atoms with Crippen molar-refractivity contribution in [1.82, 2.24) is 4.98 Å². The van der Waals surface area contributed by atoms with Crippen LogP contribution in [-0.2, 0) is 0 Å². The summed E-state index contributed by atoms with van der Waals surface area (Å²) in [5.41, 5.74) is 10.5. The van der Waals surface area contributed by atoms with E-state index in [0.29, 0.717) is 0 Å². The van der Waals surface area contributed by atoms with Gasteiger partial charge < -0.3 is 9.32 Å². The second kappa shape index (κ2) is 10.8. The van der Waals surface area contributed by atoms with Crippen molar-refractivity contribution < 1.29 is 4.42 Å². The van der Waals surface area contributed by atoms with Crippen LogP contribution in [-0.4, -0.2) is 4.98 Å². The number of anilines is 3. The van der Waals surface area contributed by atoms with E-state index in [9.17, 15) is 0 Å². The quantitative estimate of drug-likeness (QED) is 0.200. The molecule has 216 valence electrons. The zero-order valence-corrected chi connectivity index (χ0v) is 25.0. The summed E-state index contributed by atoms with van der Waals surface area (Å²) in [7, 11) is 0. The lowest BCUT2D eigenvalue weighted by molar-refractivity contribution is 0.668. The Morgan fingerprint density at radius 3 is 1.57 bits per heavy atom. The smallest absolute Gasteiger partial charge is 0.153 e. The second-order valence-corrected chi connectivity index (χ2v) is 11.6. The van der Waals surface area contributed by atoms with Crippen LogP contribution in [0.2, 0.25) is 0 Å². The summed E-state index contributed by atoms with van der Waals surface area (Å²) in [6, 6.07) is 58.1. The van der Waals surface area contributed by atoms with E-state index < -0.39 is 0 Å².